The van der Waals surface area contributed by atoms with E-state index in [9.17, 15) is 14.7 Å². The Balaban J connectivity index is 1.77. The number of fused-ring (bicyclic) bond motifs is 1. The van der Waals surface area contributed by atoms with Crippen LogP contribution in [0.1, 0.15) is 26.3 Å². The van der Waals surface area contributed by atoms with Gasteiger partial charge in [0.1, 0.15) is 11.6 Å². The van der Waals surface area contributed by atoms with Crippen LogP contribution in [0.5, 0.6) is 11.6 Å². The molecule has 0 aliphatic carbocycles. The van der Waals surface area contributed by atoms with E-state index in [4.69, 9.17) is 32.7 Å². The Morgan fingerprint density at radius 2 is 1.78 bits per heavy atom. The second kappa shape index (κ2) is 9.63. The minimum absolute atomic E-state index is 0.0813. The molecule has 0 aliphatic rings. The molecule has 0 fully saturated rings. The third kappa shape index (κ3) is 6.24. The Morgan fingerprint density at radius 3 is 2.41 bits per heavy atom. The Hall–Kier alpha value is -3.03. The lowest BCUT2D eigenvalue weighted by atomic mass is 10.0. The van der Waals surface area contributed by atoms with Crippen LogP contribution in [-0.4, -0.2) is 33.8 Å². The van der Waals surface area contributed by atoms with Crippen LogP contribution >= 0.6 is 23.2 Å². The number of hydrogen-bond acceptors (Lipinski definition) is 5. The molecule has 7 nitrogen and oxygen atoms in total. The van der Waals surface area contributed by atoms with E-state index in [1.54, 1.807) is 69.3 Å². The van der Waals surface area contributed by atoms with Gasteiger partial charge in [0, 0.05) is 17.9 Å². The summed E-state index contributed by atoms with van der Waals surface area (Å²) < 4.78 is 10.9. The lowest BCUT2D eigenvalue weighted by Crippen LogP contribution is -2.44. The van der Waals surface area contributed by atoms with E-state index in [0.29, 0.717) is 32.8 Å². The number of carbonyl (C=O) groups excluding carboxylic acids is 1. The van der Waals surface area contributed by atoms with E-state index in [-0.39, 0.29) is 6.42 Å². The third-order valence-corrected chi connectivity index (χ3v) is 4.88. The Bertz CT molecular complexity index is 1140. The molecule has 0 radical (unpaired) electrons. The van der Waals surface area contributed by atoms with Gasteiger partial charge in [-0.15, -0.1) is 0 Å². The number of aromatic nitrogens is 1. The van der Waals surface area contributed by atoms with Gasteiger partial charge in [-0.1, -0.05) is 35.3 Å². The number of nitrogens with one attached hydrogen (secondary N) is 1. The SMILES string of the molecule is CC(C)(C)OC(=O)NC(Cc1ccc2nc(Oc3c(Cl)cccc3Cl)ccc2c1)C(=O)O. The number of ether oxygens (including phenoxy) is 2. The van der Waals surface area contributed by atoms with Gasteiger partial charge in [0.15, 0.2) is 5.75 Å². The van der Waals surface area contributed by atoms with Crippen molar-refractivity contribution in [3.63, 3.8) is 0 Å². The van der Waals surface area contributed by atoms with Crippen LogP contribution in [-0.2, 0) is 16.0 Å². The lowest BCUT2D eigenvalue weighted by molar-refractivity contribution is -0.139. The molecule has 0 saturated carbocycles. The molecule has 0 spiro atoms. The number of rotatable bonds is 6. The predicted molar refractivity (Wildman–Crippen MR) is 123 cm³/mol. The molecule has 0 bridgehead atoms. The Morgan fingerprint density at radius 1 is 1.09 bits per heavy atom. The van der Waals surface area contributed by atoms with Crippen molar-refractivity contribution in [3.05, 3.63) is 64.1 Å². The van der Waals surface area contributed by atoms with Crippen molar-refractivity contribution in [2.45, 2.75) is 38.8 Å². The minimum atomic E-state index is -1.16. The fraction of sp³-hybridized carbons (Fsp3) is 0.261. The average molecular weight is 477 g/mol. The number of carboxylic acids is 1. The third-order valence-electron chi connectivity index (χ3n) is 4.28. The summed E-state index contributed by atoms with van der Waals surface area (Å²) in [5, 5.41) is 13.4. The number of benzene rings is 2. The normalized spacial score (nSPS) is 12.3. The molecule has 0 aliphatic heterocycles. The number of nitrogens with zero attached hydrogens (tertiary/aromatic N) is 1. The van der Waals surface area contributed by atoms with Crippen LogP contribution in [0.2, 0.25) is 10.0 Å². The van der Waals surface area contributed by atoms with Crippen LogP contribution < -0.4 is 10.1 Å². The average Bonchev–Trinajstić information content (AvgIpc) is 2.69. The molecule has 1 heterocycles. The van der Waals surface area contributed by atoms with Gasteiger partial charge in [-0.2, -0.15) is 0 Å². The van der Waals surface area contributed by atoms with Crippen LogP contribution in [0.4, 0.5) is 4.79 Å². The van der Waals surface area contributed by atoms with E-state index in [0.717, 1.165) is 5.39 Å². The van der Waals surface area contributed by atoms with E-state index in [1.807, 2.05) is 0 Å². The summed E-state index contributed by atoms with van der Waals surface area (Å²) in [6.07, 6.45) is -0.703. The fourth-order valence-corrected chi connectivity index (χ4v) is 3.38. The van der Waals surface area contributed by atoms with Gasteiger partial charge in [-0.05, 0) is 56.7 Å². The van der Waals surface area contributed by atoms with Gasteiger partial charge < -0.3 is 19.9 Å². The fourth-order valence-electron chi connectivity index (χ4n) is 2.91. The Labute approximate surface area is 195 Å². The summed E-state index contributed by atoms with van der Waals surface area (Å²) in [6, 6.07) is 12.7. The number of hydrogen-bond donors (Lipinski definition) is 2. The zero-order chi connectivity index (χ0) is 23.5. The largest absolute Gasteiger partial charge is 0.480 e. The zero-order valence-electron chi connectivity index (χ0n) is 17.7. The highest BCUT2D eigenvalue weighted by Gasteiger charge is 2.24. The highest BCUT2D eigenvalue weighted by Crippen LogP contribution is 2.35. The monoisotopic (exact) mass is 476 g/mol. The molecule has 168 valence electrons. The van der Waals surface area contributed by atoms with Crippen LogP contribution in [0.3, 0.4) is 0 Å². The molecule has 3 aromatic rings. The molecule has 1 amide bonds. The molecule has 9 heteroatoms. The quantitative estimate of drug-likeness (QED) is 0.462. The second-order valence-electron chi connectivity index (χ2n) is 8.07. The van der Waals surface area contributed by atoms with Gasteiger partial charge in [0.2, 0.25) is 5.88 Å². The number of halogens is 2. The maximum Gasteiger partial charge on any atom is 0.408 e. The summed E-state index contributed by atoms with van der Waals surface area (Å²) in [6.45, 7) is 5.11. The van der Waals surface area contributed by atoms with Crippen molar-refractivity contribution < 1.29 is 24.2 Å². The van der Waals surface area contributed by atoms with Crippen LogP contribution in [0.15, 0.2) is 48.5 Å². The van der Waals surface area contributed by atoms with E-state index < -0.39 is 23.7 Å². The molecular weight excluding hydrogens is 455 g/mol. The maximum absolute atomic E-state index is 12.0. The number of amides is 1. The molecule has 2 aromatic carbocycles. The number of para-hydroxylation sites is 1. The first-order valence-electron chi connectivity index (χ1n) is 9.76. The van der Waals surface area contributed by atoms with E-state index in [2.05, 4.69) is 10.3 Å². The van der Waals surface area contributed by atoms with Crippen LogP contribution in [0.25, 0.3) is 10.9 Å². The van der Waals surface area contributed by atoms with Gasteiger partial charge in [0.25, 0.3) is 0 Å². The van der Waals surface area contributed by atoms with Crippen molar-refractivity contribution in [2.75, 3.05) is 0 Å². The molecule has 1 aromatic heterocycles. The number of alkyl carbamates (subject to hydrolysis) is 1. The van der Waals surface area contributed by atoms with E-state index in [1.165, 1.54) is 0 Å². The first kappa shape index (κ1) is 23.6. The van der Waals surface area contributed by atoms with Crippen molar-refractivity contribution in [2.24, 2.45) is 0 Å². The molecular formula is C23H22Cl2N2O5. The molecule has 0 saturated heterocycles. The van der Waals surface area contributed by atoms with Gasteiger partial charge >= 0.3 is 12.1 Å². The summed E-state index contributed by atoms with van der Waals surface area (Å²) in [5.74, 6) is -0.526. The zero-order valence-corrected chi connectivity index (χ0v) is 19.2. The topological polar surface area (TPSA) is 97.8 Å². The maximum atomic E-state index is 12.0. The summed E-state index contributed by atoms with van der Waals surface area (Å²) in [5.41, 5.74) is 0.627. The minimum Gasteiger partial charge on any atom is -0.480 e. The highest BCUT2D eigenvalue weighted by atomic mass is 35.5. The van der Waals surface area contributed by atoms with Crippen LogP contribution in [0, 0.1) is 0 Å². The molecule has 3 rings (SSSR count). The van der Waals surface area contributed by atoms with E-state index >= 15 is 0 Å². The first-order chi connectivity index (χ1) is 15.0. The van der Waals surface area contributed by atoms with Gasteiger partial charge in [-0.3, -0.25) is 0 Å². The van der Waals surface area contributed by atoms with Gasteiger partial charge in [-0.25, -0.2) is 14.6 Å². The molecule has 32 heavy (non-hydrogen) atoms. The second-order valence-corrected chi connectivity index (χ2v) is 8.88. The predicted octanol–water partition coefficient (Wildman–Crippen LogP) is 5.85. The molecule has 2 N–H and O–H groups in total. The molecule has 1 unspecified atom stereocenters. The standard InChI is InChI=1S/C23H22Cl2N2O5/c1-23(2,3)32-22(30)27-18(21(28)29)12-13-7-9-17-14(11-13)8-10-19(26-17)31-20-15(24)5-4-6-16(20)25/h4-11,18H,12H2,1-3H3,(H,27,30)(H,28,29). The summed E-state index contributed by atoms with van der Waals surface area (Å²) in [4.78, 5) is 28.0. The Kier molecular flexibility index (Phi) is 7.11. The summed E-state index contributed by atoms with van der Waals surface area (Å²) >= 11 is 12.3. The van der Waals surface area contributed by atoms with Crippen molar-refractivity contribution in [1.29, 1.82) is 0 Å². The highest BCUT2D eigenvalue weighted by molar-refractivity contribution is 6.37. The van der Waals surface area contributed by atoms with Gasteiger partial charge in [0.05, 0.1) is 15.6 Å². The first-order valence-corrected chi connectivity index (χ1v) is 10.5. The number of pyridine rings is 1. The van der Waals surface area contributed by atoms with Crippen molar-refractivity contribution >= 4 is 46.2 Å². The number of carboxylic acid groups (broad SMARTS) is 1. The smallest absolute Gasteiger partial charge is 0.408 e. The summed E-state index contributed by atoms with van der Waals surface area (Å²) in [7, 11) is 0. The van der Waals surface area contributed by atoms with Crippen molar-refractivity contribution in [1.82, 2.24) is 10.3 Å². The van der Waals surface area contributed by atoms with Crippen molar-refractivity contribution in [3.8, 4) is 11.6 Å². The number of carbonyl (C=O) groups is 2. The molecule has 1 atom stereocenters. The lowest BCUT2D eigenvalue weighted by Gasteiger charge is -2.22. The number of aliphatic carboxylic acids is 1.